The van der Waals surface area contributed by atoms with Crippen LogP contribution in [-0.2, 0) is 19.1 Å². The van der Waals surface area contributed by atoms with Gasteiger partial charge in [-0.2, -0.15) is 0 Å². The summed E-state index contributed by atoms with van der Waals surface area (Å²) < 4.78 is 10.1. The van der Waals surface area contributed by atoms with Gasteiger partial charge in [-0.05, 0) is 20.8 Å². The minimum atomic E-state index is -0.523. The summed E-state index contributed by atoms with van der Waals surface area (Å²) in [5.74, 6) is -0.422. The normalized spacial score (nSPS) is 21.9. The molecule has 0 aromatic carbocycles. The van der Waals surface area contributed by atoms with E-state index in [2.05, 4.69) is 0 Å². The number of esters is 1. The van der Waals surface area contributed by atoms with E-state index in [1.165, 1.54) is 4.90 Å². The summed E-state index contributed by atoms with van der Waals surface area (Å²) in [6.07, 6.45) is 0. The molecule has 1 aliphatic heterocycles. The molecule has 0 radical (unpaired) electrons. The van der Waals surface area contributed by atoms with Crippen LogP contribution < -0.4 is 0 Å². The Morgan fingerprint density at radius 2 is 2.00 bits per heavy atom. The number of nitrogens with zero attached hydrogens (tertiary/aromatic N) is 2. The van der Waals surface area contributed by atoms with Gasteiger partial charge in [-0.15, -0.1) is 0 Å². The first-order valence-electron chi connectivity index (χ1n) is 6.44. The lowest BCUT2D eigenvalue weighted by Crippen LogP contribution is -2.39. The number of rotatable bonds is 6. The molecule has 1 saturated heterocycles. The van der Waals surface area contributed by atoms with Crippen molar-refractivity contribution in [3.05, 3.63) is 0 Å². The second-order valence-corrected chi connectivity index (χ2v) is 5.78. The quantitative estimate of drug-likeness (QED) is 0.507. The van der Waals surface area contributed by atoms with Gasteiger partial charge in [-0.1, -0.05) is 0 Å². The van der Waals surface area contributed by atoms with E-state index in [0.717, 1.165) is 13.1 Å². The second-order valence-electron chi connectivity index (χ2n) is 5.78. The molecule has 2 unspecified atom stereocenters. The number of ether oxygens (including phenoxy) is 2. The first kappa shape index (κ1) is 15.9. The molecule has 0 aromatic heterocycles. The van der Waals surface area contributed by atoms with Gasteiger partial charge in [0.2, 0.25) is 5.91 Å². The van der Waals surface area contributed by atoms with E-state index >= 15 is 0 Å². The number of hydrogen-bond donors (Lipinski definition) is 0. The van der Waals surface area contributed by atoms with Gasteiger partial charge in [-0.25, -0.2) is 0 Å². The van der Waals surface area contributed by atoms with Crippen LogP contribution in [0.3, 0.4) is 0 Å². The smallest absolute Gasteiger partial charge is 0.326 e. The lowest BCUT2D eigenvalue weighted by atomic mass is 10.2. The minimum absolute atomic E-state index is 0.00921. The zero-order valence-electron chi connectivity index (χ0n) is 12.4. The number of carbonyl (C=O) groups excluding carboxylic acids is 2. The van der Waals surface area contributed by atoms with E-state index in [-0.39, 0.29) is 24.5 Å². The summed E-state index contributed by atoms with van der Waals surface area (Å²) in [5, 5.41) is 0. The molecule has 0 N–H and O–H groups in total. The standard InChI is InChI=1S/C13H24N2O4/c1-13(2,3)19-11(16)9-14(4)12(17)10-8-15(10)6-7-18-5/h10H,6-9H2,1-5H3. The first-order valence-corrected chi connectivity index (χ1v) is 6.44. The topological polar surface area (TPSA) is 58.9 Å². The predicted octanol–water partition coefficient (Wildman–Crippen LogP) is 0.117. The molecule has 19 heavy (non-hydrogen) atoms. The fourth-order valence-electron chi connectivity index (χ4n) is 1.76. The zero-order chi connectivity index (χ0) is 14.6. The Bertz CT molecular complexity index is 338. The zero-order valence-corrected chi connectivity index (χ0v) is 12.4. The fourth-order valence-corrected chi connectivity index (χ4v) is 1.76. The van der Waals surface area contributed by atoms with Crippen LogP contribution in [0, 0.1) is 0 Å². The molecule has 0 aliphatic carbocycles. The lowest BCUT2D eigenvalue weighted by Gasteiger charge is -2.22. The fraction of sp³-hybridized carbons (Fsp3) is 0.846. The van der Waals surface area contributed by atoms with Crippen molar-refractivity contribution in [2.24, 2.45) is 0 Å². The average molecular weight is 272 g/mol. The van der Waals surface area contributed by atoms with Crippen molar-refractivity contribution >= 4 is 11.9 Å². The molecule has 1 aliphatic rings. The van der Waals surface area contributed by atoms with E-state index in [9.17, 15) is 9.59 Å². The highest BCUT2D eigenvalue weighted by Crippen LogP contribution is 2.18. The lowest BCUT2D eigenvalue weighted by molar-refractivity contribution is -0.158. The summed E-state index contributed by atoms with van der Waals surface area (Å²) in [5.41, 5.74) is -0.523. The van der Waals surface area contributed by atoms with Crippen molar-refractivity contribution < 1.29 is 19.1 Å². The molecule has 0 spiro atoms. The number of carbonyl (C=O) groups is 2. The molecular formula is C13H24N2O4. The van der Waals surface area contributed by atoms with Gasteiger partial charge in [-0.3, -0.25) is 14.5 Å². The average Bonchev–Trinajstić information content (AvgIpc) is 3.01. The number of likely N-dealkylation sites (N-methyl/N-ethyl adjacent to an activating group) is 1. The monoisotopic (exact) mass is 272 g/mol. The molecular weight excluding hydrogens is 248 g/mol. The SMILES string of the molecule is COCCN1CC1C(=O)N(C)CC(=O)OC(C)(C)C. The van der Waals surface area contributed by atoms with Crippen LogP contribution >= 0.6 is 0 Å². The molecule has 110 valence electrons. The highest BCUT2D eigenvalue weighted by atomic mass is 16.6. The molecule has 0 saturated carbocycles. The molecule has 1 heterocycles. The van der Waals surface area contributed by atoms with Gasteiger partial charge in [0.1, 0.15) is 18.2 Å². The van der Waals surface area contributed by atoms with Crippen molar-refractivity contribution in [2.45, 2.75) is 32.4 Å². The number of amides is 1. The van der Waals surface area contributed by atoms with Gasteiger partial charge in [0.25, 0.3) is 0 Å². The summed E-state index contributed by atoms with van der Waals surface area (Å²) in [6.45, 7) is 7.50. The largest absolute Gasteiger partial charge is 0.459 e. The maximum Gasteiger partial charge on any atom is 0.326 e. The van der Waals surface area contributed by atoms with Crippen LogP contribution in [0.1, 0.15) is 20.8 Å². The van der Waals surface area contributed by atoms with Crippen LogP contribution in [0.15, 0.2) is 0 Å². The van der Waals surface area contributed by atoms with E-state index in [1.54, 1.807) is 34.9 Å². The highest BCUT2D eigenvalue weighted by molar-refractivity contribution is 5.87. The van der Waals surface area contributed by atoms with Crippen molar-refractivity contribution in [3.8, 4) is 0 Å². The van der Waals surface area contributed by atoms with Crippen molar-refractivity contribution in [2.75, 3.05) is 40.4 Å². The summed E-state index contributed by atoms with van der Waals surface area (Å²) in [7, 11) is 3.26. The maximum absolute atomic E-state index is 12.0. The maximum atomic E-state index is 12.0. The third kappa shape index (κ3) is 5.57. The highest BCUT2D eigenvalue weighted by Gasteiger charge is 2.41. The third-order valence-corrected chi connectivity index (χ3v) is 2.74. The van der Waals surface area contributed by atoms with Crippen molar-refractivity contribution in [3.63, 3.8) is 0 Å². The number of methoxy groups -OCH3 is 1. The third-order valence-electron chi connectivity index (χ3n) is 2.74. The van der Waals surface area contributed by atoms with Crippen molar-refractivity contribution in [1.82, 2.24) is 9.80 Å². The minimum Gasteiger partial charge on any atom is -0.459 e. The van der Waals surface area contributed by atoms with Gasteiger partial charge in [0.15, 0.2) is 0 Å². The Labute approximate surface area is 114 Å². The number of hydrogen-bond acceptors (Lipinski definition) is 5. The second kappa shape index (κ2) is 6.34. The van der Waals surface area contributed by atoms with E-state index in [0.29, 0.717) is 6.61 Å². The molecule has 1 rings (SSSR count). The molecule has 0 bridgehead atoms. The van der Waals surface area contributed by atoms with Crippen LogP contribution in [0.25, 0.3) is 0 Å². The molecule has 6 nitrogen and oxygen atoms in total. The first-order chi connectivity index (χ1) is 8.74. The Morgan fingerprint density at radius 1 is 1.37 bits per heavy atom. The summed E-state index contributed by atoms with van der Waals surface area (Å²) >= 11 is 0. The molecule has 0 aromatic rings. The van der Waals surface area contributed by atoms with E-state index < -0.39 is 5.60 Å². The van der Waals surface area contributed by atoms with Crippen LogP contribution in [0.2, 0.25) is 0 Å². The summed E-state index contributed by atoms with van der Waals surface area (Å²) in [4.78, 5) is 27.1. The predicted molar refractivity (Wildman–Crippen MR) is 70.7 cm³/mol. The molecule has 6 heteroatoms. The van der Waals surface area contributed by atoms with Gasteiger partial charge >= 0.3 is 5.97 Å². The van der Waals surface area contributed by atoms with E-state index in [1.807, 2.05) is 4.90 Å². The van der Waals surface area contributed by atoms with Gasteiger partial charge in [0, 0.05) is 27.2 Å². The molecule has 2 atom stereocenters. The molecule has 1 amide bonds. The van der Waals surface area contributed by atoms with Crippen LogP contribution in [0.5, 0.6) is 0 Å². The van der Waals surface area contributed by atoms with Gasteiger partial charge < -0.3 is 14.4 Å². The Hall–Kier alpha value is -1.14. The Kier molecular flexibility index (Phi) is 5.31. The van der Waals surface area contributed by atoms with Crippen LogP contribution in [0.4, 0.5) is 0 Å². The van der Waals surface area contributed by atoms with Crippen molar-refractivity contribution in [1.29, 1.82) is 0 Å². The van der Waals surface area contributed by atoms with Crippen LogP contribution in [-0.4, -0.2) is 73.7 Å². The molecule has 1 fully saturated rings. The van der Waals surface area contributed by atoms with E-state index in [4.69, 9.17) is 9.47 Å². The Balaban J connectivity index is 2.32. The summed E-state index contributed by atoms with van der Waals surface area (Å²) in [6, 6.07) is -0.109. The van der Waals surface area contributed by atoms with Gasteiger partial charge in [0.05, 0.1) is 6.61 Å². The Morgan fingerprint density at radius 3 is 2.53 bits per heavy atom.